The zero-order valence-electron chi connectivity index (χ0n) is 8.39. The molecule has 1 aliphatic rings. The van der Waals surface area contributed by atoms with Gasteiger partial charge in [0.1, 0.15) is 13.1 Å². The summed E-state index contributed by atoms with van der Waals surface area (Å²) in [5.41, 5.74) is 0.729. The number of hydrogen-bond acceptors (Lipinski definition) is 3. The van der Waals surface area contributed by atoms with Crippen LogP contribution in [0.2, 0.25) is 0 Å². The minimum Gasteiger partial charge on any atom is -0.301 e. The first-order valence-electron chi connectivity index (χ1n) is 4.69. The van der Waals surface area contributed by atoms with E-state index in [0.29, 0.717) is 0 Å². The van der Waals surface area contributed by atoms with Crippen molar-refractivity contribution in [3.05, 3.63) is 27.8 Å². The van der Waals surface area contributed by atoms with Gasteiger partial charge >= 0.3 is 0 Å². The van der Waals surface area contributed by atoms with E-state index >= 15 is 0 Å². The molecule has 1 aromatic carbocycles. The molecule has 0 radical (unpaired) electrons. The van der Waals surface area contributed by atoms with Crippen LogP contribution in [-0.4, -0.2) is 29.9 Å². The van der Waals surface area contributed by atoms with E-state index < -0.39 is 0 Å². The molecule has 0 aromatic heterocycles. The molecule has 16 heavy (non-hydrogen) atoms. The van der Waals surface area contributed by atoms with Crippen LogP contribution >= 0.6 is 22.6 Å². The number of carbonyl (C=O) groups is 2. The van der Waals surface area contributed by atoms with E-state index in [1.165, 1.54) is 4.90 Å². The predicted octanol–water partition coefficient (Wildman–Crippen LogP) is 0.340. The molecule has 1 heterocycles. The molecule has 0 aliphatic carbocycles. The molecule has 1 fully saturated rings. The molecule has 0 saturated carbocycles. The Morgan fingerprint density at radius 2 is 1.69 bits per heavy atom. The predicted molar refractivity (Wildman–Crippen MR) is 67.4 cm³/mol. The van der Waals surface area contributed by atoms with Crippen LogP contribution in [0.25, 0.3) is 0 Å². The quantitative estimate of drug-likeness (QED) is 0.459. The molecule has 2 amide bonds. The van der Waals surface area contributed by atoms with E-state index in [1.54, 1.807) is 0 Å². The summed E-state index contributed by atoms with van der Waals surface area (Å²) in [5.74, 6) is 4.95. The molecule has 2 N–H and O–H groups in total. The Morgan fingerprint density at radius 1 is 1.06 bits per heavy atom. The lowest BCUT2D eigenvalue weighted by molar-refractivity contribution is -0.138. The van der Waals surface area contributed by atoms with Crippen molar-refractivity contribution in [1.82, 2.24) is 5.01 Å². The van der Waals surface area contributed by atoms with E-state index in [4.69, 9.17) is 5.84 Å². The van der Waals surface area contributed by atoms with Crippen LogP contribution in [0.4, 0.5) is 5.69 Å². The minimum atomic E-state index is -0.252. The maximum Gasteiger partial charge on any atom is 0.257 e. The van der Waals surface area contributed by atoms with Crippen LogP contribution in [0.3, 0.4) is 0 Å². The number of amides is 2. The lowest BCUT2D eigenvalue weighted by atomic mass is 10.2. The Hall–Kier alpha value is -1.15. The second kappa shape index (κ2) is 4.38. The molecule has 6 heteroatoms. The summed E-state index contributed by atoms with van der Waals surface area (Å²) < 4.78 is 1.08. The maximum absolute atomic E-state index is 11.7. The standard InChI is InChI=1S/C10H10IN3O2/c11-7-1-3-8(4-2-7)13-5-10(16)14(12)6-9(13)15/h1-4H,5-6,12H2. The highest BCUT2D eigenvalue weighted by molar-refractivity contribution is 14.1. The molecular formula is C10H10IN3O2. The van der Waals surface area contributed by atoms with Crippen LogP contribution in [0.1, 0.15) is 0 Å². The highest BCUT2D eigenvalue weighted by atomic mass is 127. The van der Waals surface area contributed by atoms with Gasteiger partial charge in [0.25, 0.3) is 5.91 Å². The van der Waals surface area contributed by atoms with Gasteiger partial charge in [0, 0.05) is 9.26 Å². The number of anilines is 1. The smallest absolute Gasteiger partial charge is 0.257 e. The monoisotopic (exact) mass is 331 g/mol. The Balaban J connectivity index is 2.24. The summed E-state index contributed by atoms with van der Waals surface area (Å²) in [4.78, 5) is 24.5. The third kappa shape index (κ3) is 2.17. The molecule has 0 bridgehead atoms. The van der Waals surface area contributed by atoms with Gasteiger partial charge in [-0.2, -0.15) is 0 Å². The van der Waals surface area contributed by atoms with Gasteiger partial charge in [0.05, 0.1) is 0 Å². The molecule has 5 nitrogen and oxygen atoms in total. The van der Waals surface area contributed by atoms with Crippen molar-refractivity contribution in [3.63, 3.8) is 0 Å². The molecule has 0 spiro atoms. The molecule has 84 valence electrons. The second-order valence-corrected chi connectivity index (χ2v) is 4.72. The highest BCUT2D eigenvalue weighted by Gasteiger charge is 2.28. The van der Waals surface area contributed by atoms with Crippen LogP contribution in [0.5, 0.6) is 0 Å². The molecule has 1 aromatic rings. The maximum atomic E-state index is 11.7. The van der Waals surface area contributed by atoms with Crippen molar-refractivity contribution in [3.8, 4) is 0 Å². The van der Waals surface area contributed by atoms with Crippen molar-refractivity contribution < 1.29 is 9.59 Å². The number of benzene rings is 1. The topological polar surface area (TPSA) is 66.6 Å². The summed E-state index contributed by atoms with van der Waals surface area (Å²) in [7, 11) is 0. The third-order valence-corrected chi connectivity index (χ3v) is 3.08. The SMILES string of the molecule is NN1CC(=O)N(c2ccc(I)cc2)CC1=O. The van der Waals surface area contributed by atoms with E-state index in [-0.39, 0.29) is 24.9 Å². The number of piperazine rings is 1. The Kier molecular flexibility index (Phi) is 3.10. The van der Waals surface area contributed by atoms with Crippen LogP contribution in [0, 0.1) is 3.57 Å². The van der Waals surface area contributed by atoms with Crippen LogP contribution in [0.15, 0.2) is 24.3 Å². The zero-order chi connectivity index (χ0) is 11.7. The molecule has 2 rings (SSSR count). The van der Waals surface area contributed by atoms with E-state index in [2.05, 4.69) is 22.6 Å². The number of nitrogens with two attached hydrogens (primary N) is 1. The number of hydrogen-bond donors (Lipinski definition) is 1. The van der Waals surface area contributed by atoms with Crippen molar-refractivity contribution >= 4 is 40.1 Å². The molecule has 0 unspecified atom stereocenters. The fraction of sp³-hybridized carbons (Fsp3) is 0.200. The largest absolute Gasteiger partial charge is 0.301 e. The average molecular weight is 331 g/mol. The first-order chi connectivity index (χ1) is 7.58. The summed E-state index contributed by atoms with van der Waals surface area (Å²) in [6.07, 6.45) is 0. The number of halogens is 1. The van der Waals surface area contributed by atoms with Gasteiger partial charge in [0.2, 0.25) is 5.91 Å². The number of rotatable bonds is 1. The van der Waals surface area contributed by atoms with Crippen molar-refractivity contribution in [2.75, 3.05) is 18.0 Å². The fourth-order valence-corrected chi connectivity index (χ4v) is 1.85. The van der Waals surface area contributed by atoms with Gasteiger partial charge in [0.15, 0.2) is 0 Å². The van der Waals surface area contributed by atoms with Gasteiger partial charge < -0.3 is 4.90 Å². The van der Waals surface area contributed by atoms with Crippen molar-refractivity contribution in [2.45, 2.75) is 0 Å². The van der Waals surface area contributed by atoms with Gasteiger partial charge in [-0.3, -0.25) is 14.6 Å². The Labute approximate surface area is 106 Å². The summed E-state index contributed by atoms with van der Waals surface area (Å²) >= 11 is 2.18. The fourth-order valence-electron chi connectivity index (χ4n) is 1.49. The summed E-state index contributed by atoms with van der Waals surface area (Å²) in [6.45, 7) is -0.0548. The van der Waals surface area contributed by atoms with E-state index in [1.807, 2.05) is 24.3 Å². The zero-order valence-corrected chi connectivity index (χ0v) is 10.5. The van der Waals surface area contributed by atoms with Gasteiger partial charge in [-0.15, -0.1) is 0 Å². The molecule has 0 atom stereocenters. The van der Waals surface area contributed by atoms with Crippen molar-refractivity contribution in [2.24, 2.45) is 5.84 Å². The van der Waals surface area contributed by atoms with Crippen LogP contribution < -0.4 is 10.7 Å². The average Bonchev–Trinajstić information content (AvgIpc) is 2.25. The lowest BCUT2D eigenvalue weighted by Crippen LogP contribution is -2.56. The summed E-state index contributed by atoms with van der Waals surface area (Å²) in [5, 5.41) is 0.950. The molecule has 1 saturated heterocycles. The Morgan fingerprint density at radius 3 is 2.31 bits per heavy atom. The van der Waals surface area contributed by atoms with E-state index in [0.717, 1.165) is 14.3 Å². The van der Waals surface area contributed by atoms with Gasteiger partial charge in [-0.1, -0.05) is 0 Å². The first kappa shape index (κ1) is 11.3. The molecule has 1 aliphatic heterocycles. The molecular weight excluding hydrogens is 321 g/mol. The van der Waals surface area contributed by atoms with Crippen LogP contribution in [-0.2, 0) is 9.59 Å². The first-order valence-corrected chi connectivity index (χ1v) is 5.77. The minimum absolute atomic E-state index is 0.00985. The van der Waals surface area contributed by atoms with Gasteiger partial charge in [-0.25, -0.2) is 5.84 Å². The second-order valence-electron chi connectivity index (χ2n) is 3.48. The van der Waals surface area contributed by atoms with E-state index in [9.17, 15) is 9.59 Å². The number of carbonyl (C=O) groups excluding carboxylic acids is 2. The summed E-state index contributed by atoms with van der Waals surface area (Å²) in [6, 6.07) is 7.42. The van der Waals surface area contributed by atoms with Gasteiger partial charge in [-0.05, 0) is 46.9 Å². The normalized spacial score (nSPS) is 16.9. The lowest BCUT2D eigenvalue weighted by Gasteiger charge is -2.31. The Bertz CT molecular complexity index is 432. The van der Waals surface area contributed by atoms with Crippen molar-refractivity contribution in [1.29, 1.82) is 0 Å². The number of hydrazine groups is 1. The highest BCUT2D eigenvalue weighted by Crippen LogP contribution is 2.18. The number of nitrogens with zero attached hydrogens (tertiary/aromatic N) is 2. The third-order valence-electron chi connectivity index (χ3n) is 2.36.